The van der Waals surface area contributed by atoms with E-state index in [0.29, 0.717) is 0 Å². The zero-order valence-corrected chi connectivity index (χ0v) is 27.1. The summed E-state index contributed by atoms with van der Waals surface area (Å²) in [6.07, 6.45) is 4.91. The number of fused-ring (bicyclic) bond motifs is 1. The van der Waals surface area contributed by atoms with Gasteiger partial charge in [0.1, 0.15) is 4.83 Å². The van der Waals surface area contributed by atoms with E-state index in [9.17, 15) is 9.90 Å². The number of aryl methyl sites for hydroxylation is 2. The fourth-order valence-corrected chi connectivity index (χ4v) is 5.66. The zero-order valence-electron chi connectivity index (χ0n) is 23.9. The summed E-state index contributed by atoms with van der Waals surface area (Å²) in [5.41, 5.74) is 5.70. The number of carbonyl (C=O) groups is 1. The molecule has 1 radical (unpaired) electrons. The maximum absolute atomic E-state index is 11.7. The van der Waals surface area contributed by atoms with Crippen LogP contribution in [0.3, 0.4) is 0 Å². The molecule has 0 fully saturated rings. The molecule has 0 aliphatic rings. The maximum Gasteiger partial charge on any atom is 0.162 e. The summed E-state index contributed by atoms with van der Waals surface area (Å²) in [7, 11) is 0. The van der Waals surface area contributed by atoms with E-state index in [1.54, 1.807) is 11.3 Å². The number of benzene rings is 2. The molecule has 0 aliphatic carbocycles. The van der Waals surface area contributed by atoms with Gasteiger partial charge in [-0.05, 0) is 43.0 Å². The Bertz CT molecular complexity index is 1350. The molecule has 0 spiro atoms. The Balaban J connectivity index is 0.000000294. The molecule has 209 valence electrons. The second kappa shape index (κ2) is 15.9. The first kappa shape index (κ1) is 32.6. The summed E-state index contributed by atoms with van der Waals surface area (Å²) in [5.74, 6) is 0.547. The van der Waals surface area contributed by atoms with E-state index in [1.165, 1.54) is 27.5 Å². The molecule has 4 rings (SSSR count). The van der Waals surface area contributed by atoms with E-state index in [1.807, 2.05) is 33.8 Å². The van der Waals surface area contributed by atoms with Crippen molar-refractivity contribution in [1.29, 1.82) is 0 Å². The van der Waals surface area contributed by atoms with Gasteiger partial charge < -0.3 is 5.11 Å². The molecule has 4 aromatic rings. The van der Waals surface area contributed by atoms with Crippen LogP contribution in [0.2, 0.25) is 0 Å². The summed E-state index contributed by atoms with van der Waals surface area (Å²) < 4.78 is 0. The number of ketones is 1. The number of rotatable bonds is 9. The van der Waals surface area contributed by atoms with Crippen molar-refractivity contribution in [3.63, 3.8) is 0 Å². The minimum Gasteiger partial charge on any atom is -0.512 e. The Morgan fingerprint density at radius 2 is 1.56 bits per heavy atom. The van der Waals surface area contributed by atoms with Gasteiger partial charge in [-0.25, -0.2) is 0 Å². The molecule has 5 heteroatoms. The van der Waals surface area contributed by atoms with Crippen molar-refractivity contribution in [2.45, 2.75) is 67.2 Å². The number of aromatic nitrogens is 1. The third-order valence-electron chi connectivity index (χ3n) is 6.95. The van der Waals surface area contributed by atoms with Gasteiger partial charge in [-0.15, -0.1) is 46.2 Å². The van der Waals surface area contributed by atoms with Crippen molar-refractivity contribution in [1.82, 2.24) is 4.98 Å². The molecule has 0 saturated carbocycles. The van der Waals surface area contributed by atoms with E-state index < -0.39 is 0 Å². The van der Waals surface area contributed by atoms with E-state index >= 15 is 0 Å². The number of aliphatic hydroxyl groups is 1. The van der Waals surface area contributed by atoms with Crippen molar-refractivity contribution in [3.05, 3.63) is 89.7 Å². The number of carbonyl (C=O) groups excluding carboxylic acids is 1. The number of nitrogens with zero attached hydrogens (tertiary/aromatic N) is 1. The molecule has 2 aromatic heterocycles. The summed E-state index contributed by atoms with van der Waals surface area (Å²) in [6, 6.07) is 24.6. The Morgan fingerprint density at radius 3 is 2.15 bits per heavy atom. The van der Waals surface area contributed by atoms with Crippen molar-refractivity contribution in [3.8, 4) is 21.7 Å². The van der Waals surface area contributed by atoms with E-state index in [4.69, 9.17) is 4.98 Å². The van der Waals surface area contributed by atoms with Crippen LogP contribution in [0.15, 0.2) is 72.5 Å². The molecule has 3 nitrogen and oxygen atoms in total. The number of allylic oxidation sites excluding steroid dienone is 2. The standard InChI is InChI=1S/C21H16NS.C13H24O2.Ir/c1-14-10-15(2)12-18(11-14)19-9-8-17-13-20(23-21(17)22-19)16-6-4-3-5-7-16;1-5-10(6-2)12(14)9-13(15)11(7-3)8-4;/h3-11,13H,1-2H3;9-11,14H,5-8H2,1-4H3;/q-1;;/b;12-9-;. The molecule has 0 bridgehead atoms. The molecule has 2 heterocycles. The van der Waals surface area contributed by atoms with Gasteiger partial charge in [0.05, 0.1) is 5.76 Å². The number of pyridine rings is 1. The molecule has 0 unspecified atom stereocenters. The summed E-state index contributed by atoms with van der Waals surface area (Å²) >= 11 is 1.74. The summed E-state index contributed by atoms with van der Waals surface area (Å²) in [4.78, 5) is 18.9. The van der Waals surface area contributed by atoms with Crippen LogP contribution in [0.5, 0.6) is 0 Å². The van der Waals surface area contributed by atoms with Gasteiger partial charge in [0, 0.05) is 48.3 Å². The number of hydrogen-bond acceptors (Lipinski definition) is 4. The van der Waals surface area contributed by atoms with Crippen LogP contribution < -0.4 is 0 Å². The normalized spacial score (nSPS) is 11.3. The molecular formula is C34H40IrNO2S-. The number of hydrogen-bond donors (Lipinski definition) is 1. The third-order valence-corrected chi connectivity index (χ3v) is 8.04. The van der Waals surface area contributed by atoms with Gasteiger partial charge in [0.15, 0.2) is 5.78 Å². The first-order chi connectivity index (χ1) is 18.3. The Morgan fingerprint density at radius 1 is 0.923 bits per heavy atom. The van der Waals surface area contributed by atoms with Crippen LogP contribution in [0.4, 0.5) is 0 Å². The molecule has 0 amide bonds. The molecule has 0 aliphatic heterocycles. The number of aliphatic hydroxyl groups excluding tert-OH is 1. The van der Waals surface area contributed by atoms with Crippen LogP contribution in [0, 0.1) is 31.7 Å². The minimum atomic E-state index is 0. The van der Waals surface area contributed by atoms with Gasteiger partial charge in [-0.3, -0.25) is 9.78 Å². The van der Waals surface area contributed by atoms with E-state index in [2.05, 4.69) is 74.5 Å². The SMILES string of the molecule is CCC(CC)C(=O)/C=C(\O)C(CC)CC.Cc1[c-]c(-c2ccc3cc(-c4ccccc4)sc3n2)cc(C)c1.[Ir]. The fraction of sp³-hybridized carbons (Fsp3) is 0.353. The Hall–Kier alpha value is -2.59. The molecular weight excluding hydrogens is 679 g/mol. The van der Waals surface area contributed by atoms with Crippen molar-refractivity contribution < 1.29 is 30.0 Å². The monoisotopic (exact) mass is 719 g/mol. The van der Waals surface area contributed by atoms with Gasteiger partial charge >= 0.3 is 0 Å². The predicted octanol–water partition coefficient (Wildman–Crippen LogP) is 9.91. The minimum absolute atomic E-state index is 0. The van der Waals surface area contributed by atoms with Crippen LogP contribution in [-0.4, -0.2) is 15.9 Å². The van der Waals surface area contributed by atoms with Gasteiger partial charge in [0.2, 0.25) is 0 Å². The van der Waals surface area contributed by atoms with Crippen LogP contribution in [0.1, 0.15) is 64.5 Å². The van der Waals surface area contributed by atoms with E-state index in [0.717, 1.165) is 47.3 Å². The molecule has 0 atom stereocenters. The smallest absolute Gasteiger partial charge is 0.162 e. The van der Waals surface area contributed by atoms with Crippen molar-refractivity contribution >= 4 is 27.3 Å². The molecule has 39 heavy (non-hydrogen) atoms. The quantitative estimate of drug-likeness (QED) is 0.107. The van der Waals surface area contributed by atoms with Gasteiger partial charge in [0.25, 0.3) is 0 Å². The topological polar surface area (TPSA) is 50.2 Å². The maximum atomic E-state index is 11.7. The number of thiophene rings is 1. The van der Waals surface area contributed by atoms with Gasteiger partial charge in [-0.1, -0.05) is 84.0 Å². The Kier molecular flexibility index (Phi) is 13.3. The Labute approximate surface area is 251 Å². The average Bonchev–Trinajstić information content (AvgIpc) is 3.34. The second-order valence-electron chi connectivity index (χ2n) is 9.82. The second-order valence-corrected chi connectivity index (χ2v) is 10.9. The first-order valence-corrected chi connectivity index (χ1v) is 14.5. The van der Waals surface area contributed by atoms with Crippen LogP contribution >= 0.6 is 11.3 Å². The first-order valence-electron chi connectivity index (χ1n) is 13.7. The molecule has 0 saturated heterocycles. The predicted molar refractivity (Wildman–Crippen MR) is 163 cm³/mol. The zero-order chi connectivity index (χ0) is 27.7. The average molecular weight is 719 g/mol. The van der Waals surface area contributed by atoms with Crippen molar-refractivity contribution in [2.75, 3.05) is 0 Å². The fourth-order valence-electron chi connectivity index (χ4n) is 4.63. The third kappa shape index (κ3) is 8.96. The van der Waals surface area contributed by atoms with Crippen LogP contribution in [0.25, 0.3) is 31.9 Å². The van der Waals surface area contributed by atoms with E-state index in [-0.39, 0.29) is 43.5 Å². The van der Waals surface area contributed by atoms with Crippen LogP contribution in [-0.2, 0) is 24.9 Å². The molecule has 1 N–H and O–H groups in total. The van der Waals surface area contributed by atoms with Gasteiger partial charge in [-0.2, -0.15) is 0 Å². The summed E-state index contributed by atoms with van der Waals surface area (Å²) in [6.45, 7) is 12.3. The molecule has 2 aromatic carbocycles. The van der Waals surface area contributed by atoms with Crippen molar-refractivity contribution in [2.24, 2.45) is 11.8 Å². The summed E-state index contributed by atoms with van der Waals surface area (Å²) in [5, 5.41) is 11.0. The largest absolute Gasteiger partial charge is 0.512 e.